The van der Waals surface area contributed by atoms with Gasteiger partial charge in [-0.15, -0.1) is 0 Å². The Bertz CT molecular complexity index is 214. The molecule has 74 valence electrons. The van der Waals surface area contributed by atoms with E-state index in [-0.39, 0.29) is 0 Å². The molecular weight excluding hydrogens is 172 g/mol. The van der Waals surface area contributed by atoms with Crippen molar-refractivity contribution in [2.75, 3.05) is 0 Å². The molecule has 0 bridgehead atoms. The lowest BCUT2D eigenvalue weighted by Gasteiger charge is -1.88. The first-order valence-corrected chi connectivity index (χ1v) is 3.17. The van der Waals surface area contributed by atoms with Crippen LogP contribution in [0.25, 0.3) is 0 Å². The van der Waals surface area contributed by atoms with Crippen molar-refractivity contribution in [3.05, 3.63) is 30.1 Å². The minimum atomic E-state index is -0.442. The molecule has 0 aliphatic heterocycles. The number of hydrogen-bond donors (Lipinski definition) is 5. The van der Waals surface area contributed by atoms with Gasteiger partial charge in [0.1, 0.15) is 0 Å². The molecule has 0 aliphatic carbocycles. The summed E-state index contributed by atoms with van der Waals surface area (Å²) in [5, 5.41) is 0. The molecule has 0 fully saturated rings. The maximum absolute atomic E-state index is 10.4. The third kappa shape index (κ3) is 6.84. The van der Waals surface area contributed by atoms with Gasteiger partial charge in [0.25, 0.3) is 0 Å². The summed E-state index contributed by atoms with van der Waals surface area (Å²) < 4.78 is 0. The topological polar surface area (TPSA) is 160 Å². The Hall–Kier alpha value is -1.54. The predicted octanol–water partition coefficient (Wildman–Crippen LogP) is -2.18. The fraction of sp³-hybridized carbons (Fsp3) is 0. The van der Waals surface area contributed by atoms with E-state index in [1.54, 1.807) is 18.3 Å². The second-order valence-corrected chi connectivity index (χ2v) is 1.61. The molecule has 7 nitrogen and oxygen atoms in total. The van der Waals surface area contributed by atoms with Gasteiger partial charge in [-0.2, -0.15) is 0 Å². The van der Waals surface area contributed by atoms with Crippen molar-refractivity contribution in [1.29, 1.82) is 0 Å². The molecular formula is C6H14N6O. The van der Waals surface area contributed by atoms with E-state index in [0.29, 0.717) is 5.56 Å². The molecule has 1 aromatic heterocycles. The van der Waals surface area contributed by atoms with E-state index in [0.717, 1.165) is 0 Å². The monoisotopic (exact) mass is 186 g/mol. The van der Waals surface area contributed by atoms with Gasteiger partial charge in [0, 0.05) is 12.4 Å². The lowest BCUT2D eigenvalue weighted by atomic mass is 10.3. The molecule has 1 aromatic rings. The van der Waals surface area contributed by atoms with Gasteiger partial charge in [-0.3, -0.25) is 33.1 Å². The number of hydrogen-bond acceptors (Lipinski definition) is 6. The zero-order valence-electron chi connectivity index (χ0n) is 7.05. The van der Waals surface area contributed by atoms with E-state index in [9.17, 15) is 4.79 Å². The van der Waals surface area contributed by atoms with E-state index >= 15 is 0 Å². The summed E-state index contributed by atoms with van der Waals surface area (Å²) in [5.74, 6) is 15.6. The van der Waals surface area contributed by atoms with E-state index in [4.69, 9.17) is 5.73 Å². The fourth-order valence-corrected chi connectivity index (χ4v) is 0.509. The molecule has 7 heteroatoms. The molecule has 1 heterocycles. The molecule has 0 spiro atoms. The smallest absolute Gasteiger partial charge is 0.250 e. The van der Waals surface area contributed by atoms with Gasteiger partial charge < -0.3 is 5.73 Å². The lowest BCUT2D eigenvalue weighted by Crippen LogP contribution is -2.10. The first kappa shape index (κ1) is 14.0. The van der Waals surface area contributed by atoms with Crippen LogP contribution in [0, 0.1) is 0 Å². The Labute approximate surface area is 75.8 Å². The second-order valence-electron chi connectivity index (χ2n) is 1.61. The summed E-state index contributed by atoms with van der Waals surface area (Å²) in [7, 11) is 0. The lowest BCUT2D eigenvalue weighted by molar-refractivity contribution is 0.1000. The summed E-state index contributed by atoms with van der Waals surface area (Å²) in [6, 6.07) is 3.29. The Morgan fingerprint density at radius 3 is 2.00 bits per heavy atom. The number of pyridine rings is 1. The molecule has 0 unspecified atom stereocenters. The molecule has 0 atom stereocenters. The van der Waals surface area contributed by atoms with Crippen molar-refractivity contribution < 1.29 is 4.79 Å². The zero-order valence-corrected chi connectivity index (χ0v) is 7.05. The van der Waals surface area contributed by atoms with Crippen LogP contribution in [0.3, 0.4) is 0 Å². The molecule has 0 radical (unpaired) electrons. The highest BCUT2D eigenvalue weighted by Gasteiger charge is 1.94. The summed E-state index contributed by atoms with van der Waals surface area (Å²) in [6.45, 7) is 0. The van der Waals surface area contributed by atoms with Crippen LogP contribution >= 0.6 is 0 Å². The molecule has 0 aliphatic rings. The summed E-state index contributed by atoms with van der Waals surface area (Å²) >= 11 is 0. The van der Waals surface area contributed by atoms with Crippen LogP contribution in [0.4, 0.5) is 0 Å². The van der Waals surface area contributed by atoms with Crippen LogP contribution in [0.1, 0.15) is 10.4 Å². The maximum Gasteiger partial charge on any atom is 0.250 e. The van der Waals surface area contributed by atoms with Gasteiger partial charge in [0.05, 0.1) is 5.56 Å². The fourth-order valence-electron chi connectivity index (χ4n) is 0.509. The first-order chi connectivity index (χ1) is 6.30. The van der Waals surface area contributed by atoms with Gasteiger partial charge in [0.15, 0.2) is 0 Å². The van der Waals surface area contributed by atoms with Crippen molar-refractivity contribution in [2.24, 2.45) is 29.1 Å². The van der Waals surface area contributed by atoms with Crippen LogP contribution in [-0.4, -0.2) is 10.9 Å². The van der Waals surface area contributed by atoms with Crippen molar-refractivity contribution >= 4 is 5.91 Å². The van der Waals surface area contributed by atoms with Gasteiger partial charge in [-0.1, -0.05) is 0 Å². The third-order valence-electron chi connectivity index (χ3n) is 0.946. The number of hydrazine groups is 2. The summed E-state index contributed by atoms with van der Waals surface area (Å²) in [4.78, 5) is 14.1. The maximum atomic E-state index is 10.4. The Balaban J connectivity index is 0. The van der Waals surface area contributed by atoms with Crippen LogP contribution in [0.15, 0.2) is 24.5 Å². The van der Waals surface area contributed by atoms with Crippen LogP contribution in [0.5, 0.6) is 0 Å². The number of primary amides is 1. The van der Waals surface area contributed by atoms with Crippen molar-refractivity contribution in [3.63, 3.8) is 0 Å². The molecule has 13 heavy (non-hydrogen) atoms. The van der Waals surface area contributed by atoms with Crippen LogP contribution < -0.4 is 29.1 Å². The number of aromatic nitrogens is 1. The number of carbonyl (C=O) groups is 1. The highest BCUT2D eigenvalue weighted by Crippen LogP contribution is 1.91. The minimum Gasteiger partial charge on any atom is -0.366 e. The number of carbonyl (C=O) groups excluding carboxylic acids is 1. The highest BCUT2D eigenvalue weighted by molar-refractivity contribution is 5.92. The number of nitrogens with two attached hydrogens (primary N) is 5. The average molecular weight is 186 g/mol. The van der Waals surface area contributed by atoms with Gasteiger partial charge in [-0.05, 0) is 12.1 Å². The normalized spacial score (nSPS) is 7.08. The summed E-state index contributed by atoms with van der Waals surface area (Å²) in [5.41, 5.74) is 5.38. The number of amides is 1. The Morgan fingerprint density at radius 2 is 1.77 bits per heavy atom. The van der Waals surface area contributed by atoms with E-state index in [1.807, 2.05) is 0 Å². The third-order valence-corrected chi connectivity index (χ3v) is 0.946. The van der Waals surface area contributed by atoms with Gasteiger partial charge in [-0.25, -0.2) is 0 Å². The standard InChI is InChI=1S/C6H6N2O.2H4N2/c7-6(9)5-2-1-3-8-4-5;2*1-2/h1-4H,(H2,7,9);2*1-2H2. The molecule has 1 amide bonds. The SMILES string of the molecule is NC(=O)c1cccnc1.NN.NN. The van der Waals surface area contributed by atoms with Gasteiger partial charge >= 0.3 is 0 Å². The first-order valence-electron chi connectivity index (χ1n) is 3.17. The van der Waals surface area contributed by atoms with Crippen LogP contribution in [-0.2, 0) is 0 Å². The van der Waals surface area contributed by atoms with E-state index < -0.39 is 5.91 Å². The minimum absolute atomic E-state index is 0.442. The Kier molecular flexibility index (Phi) is 11.3. The number of rotatable bonds is 1. The van der Waals surface area contributed by atoms with E-state index in [2.05, 4.69) is 28.4 Å². The average Bonchev–Trinajstić information content (AvgIpc) is 2.25. The Morgan fingerprint density at radius 1 is 1.23 bits per heavy atom. The number of nitrogens with zero attached hydrogens (tertiary/aromatic N) is 1. The van der Waals surface area contributed by atoms with Crippen LogP contribution in [0.2, 0.25) is 0 Å². The summed E-state index contributed by atoms with van der Waals surface area (Å²) in [6.07, 6.45) is 3.02. The van der Waals surface area contributed by atoms with Gasteiger partial charge in [0.2, 0.25) is 5.91 Å². The predicted molar refractivity (Wildman–Crippen MR) is 49.5 cm³/mol. The molecule has 0 saturated heterocycles. The van der Waals surface area contributed by atoms with Crippen molar-refractivity contribution in [1.82, 2.24) is 4.98 Å². The molecule has 1 rings (SSSR count). The van der Waals surface area contributed by atoms with E-state index in [1.165, 1.54) is 6.20 Å². The molecule has 0 saturated carbocycles. The molecule has 0 aromatic carbocycles. The molecule has 10 N–H and O–H groups in total. The zero-order chi connectivity index (χ0) is 10.7. The second kappa shape index (κ2) is 10.5. The van der Waals surface area contributed by atoms with Crippen molar-refractivity contribution in [2.45, 2.75) is 0 Å². The highest BCUT2D eigenvalue weighted by atomic mass is 16.1. The quantitative estimate of drug-likeness (QED) is 0.247. The van der Waals surface area contributed by atoms with Crippen molar-refractivity contribution in [3.8, 4) is 0 Å². The largest absolute Gasteiger partial charge is 0.366 e.